The van der Waals surface area contributed by atoms with Crippen molar-refractivity contribution in [2.75, 3.05) is 6.79 Å². The minimum absolute atomic E-state index is 0.295. The van der Waals surface area contributed by atoms with Gasteiger partial charge in [-0.2, -0.15) is 12.6 Å². The number of nitrogens with one attached hydrogen (secondary N) is 1. The van der Waals surface area contributed by atoms with Gasteiger partial charge >= 0.3 is 0 Å². The van der Waals surface area contributed by atoms with E-state index in [1.807, 2.05) is 25.3 Å². The maximum Gasteiger partial charge on any atom is 0.231 e. The highest BCUT2D eigenvalue weighted by Crippen LogP contribution is 2.37. The topological polar surface area (TPSA) is 47.1 Å². The Balaban J connectivity index is 2.08. The van der Waals surface area contributed by atoms with E-state index in [9.17, 15) is 0 Å². The molecule has 0 fully saturated rings. The number of rotatable bonds is 2. The lowest BCUT2D eigenvalue weighted by Gasteiger charge is -2.05. The molecule has 0 bridgehead atoms. The number of aryl methyl sites for hydroxylation is 1. The molecule has 17 heavy (non-hydrogen) atoms. The highest BCUT2D eigenvalue weighted by molar-refractivity contribution is 7.79. The van der Waals surface area contributed by atoms with E-state index in [-0.39, 0.29) is 0 Å². The Hall–Kier alpha value is -1.62. The molecule has 0 aliphatic carbocycles. The third-order valence-corrected chi connectivity index (χ3v) is 3.09. The molecule has 1 N–H and O–H groups in total. The Morgan fingerprint density at radius 1 is 1.35 bits per heavy atom. The molecule has 1 aromatic heterocycles. The van der Waals surface area contributed by atoms with Crippen molar-refractivity contribution in [2.45, 2.75) is 12.7 Å². The van der Waals surface area contributed by atoms with Gasteiger partial charge in [0.15, 0.2) is 11.5 Å². The molecule has 0 spiro atoms. The molecule has 88 valence electrons. The number of imidazole rings is 1. The molecule has 1 aromatic carbocycles. The molecule has 3 rings (SSSR count). The fraction of sp³-hybridized carbons (Fsp3) is 0.250. The zero-order chi connectivity index (χ0) is 11.8. The third-order valence-electron chi connectivity index (χ3n) is 2.79. The van der Waals surface area contributed by atoms with Gasteiger partial charge in [-0.1, -0.05) is 0 Å². The summed E-state index contributed by atoms with van der Waals surface area (Å²) in [4.78, 5) is 7.47. The number of aromatic amines is 1. The van der Waals surface area contributed by atoms with Crippen molar-refractivity contribution in [1.82, 2.24) is 9.97 Å². The lowest BCUT2D eigenvalue weighted by molar-refractivity contribution is 0.174. The van der Waals surface area contributed by atoms with E-state index in [1.54, 1.807) is 0 Å². The average molecular weight is 248 g/mol. The number of fused-ring (bicyclic) bond motifs is 1. The Labute approximate surface area is 104 Å². The van der Waals surface area contributed by atoms with Crippen LogP contribution in [0.15, 0.2) is 18.3 Å². The predicted molar refractivity (Wildman–Crippen MR) is 67.6 cm³/mol. The van der Waals surface area contributed by atoms with Crippen molar-refractivity contribution in [2.24, 2.45) is 0 Å². The summed E-state index contributed by atoms with van der Waals surface area (Å²) in [7, 11) is 0. The van der Waals surface area contributed by atoms with Crippen molar-refractivity contribution >= 4 is 12.6 Å². The molecule has 4 nitrogen and oxygen atoms in total. The van der Waals surface area contributed by atoms with Gasteiger partial charge in [0.05, 0.1) is 11.9 Å². The first-order valence-corrected chi connectivity index (χ1v) is 5.96. The molecule has 0 atom stereocenters. The fourth-order valence-electron chi connectivity index (χ4n) is 1.91. The van der Waals surface area contributed by atoms with Gasteiger partial charge in [-0.25, -0.2) is 4.98 Å². The lowest BCUT2D eigenvalue weighted by Crippen LogP contribution is -1.92. The van der Waals surface area contributed by atoms with E-state index in [2.05, 4.69) is 22.6 Å². The van der Waals surface area contributed by atoms with Crippen LogP contribution in [0.4, 0.5) is 0 Å². The molecule has 0 saturated heterocycles. The van der Waals surface area contributed by atoms with Gasteiger partial charge in [-0.3, -0.25) is 0 Å². The second-order valence-electron chi connectivity index (χ2n) is 3.92. The molecule has 1 aliphatic heterocycles. The molecule has 2 aromatic rings. The maximum atomic E-state index is 5.38. The summed E-state index contributed by atoms with van der Waals surface area (Å²) in [6.07, 6.45) is 1.82. The van der Waals surface area contributed by atoms with Crippen LogP contribution in [-0.2, 0) is 5.75 Å². The van der Waals surface area contributed by atoms with Crippen LogP contribution in [0.25, 0.3) is 11.3 Å². The molecular weight excluding hydrogens is 236 g/mol. The van der Waals surface area contributed by atoms with Gasteiger partial charge in [-0.05, 0) is 24.6 Å². The SMILES string of the molecule is Cc1cc2c(cc1-c1cnc(CS)[nH]1)OCO2. The van der Waals surface area contributed by atoms with Crippen LogP contribution >= 0.6 is 12.6 Å². The third kappa shape index (κ3) is 1.76. The summed E-state index contributed by atoms with van der Waals surface area (Å²) >= 11 is 4.19. The number of hydrogen-bond acceptors (Lipinski definition) is 4. The lowest BCUT2D eigenvalue weighted by atomic mass is 10.1. The van der Waals surface area contributed by atoms with Gasteiger partial charge in [0, 0.05) is 11.3 Å². The minimum Gasteiger partial charge on any atom is -0.454 e. The number of nitrogens with zero attached hydrogens (tertiary/aromatic N) is 1. The molecule has 0 amide bonds. The van der Waals surface area contributed by atoms with Crippen LogP contribution in [0.3, 0.4) is 0 Å². The number of benzene rings is 1. The first kappa shape index (κ1) is 10.5. The second-order valence-corrected chi connectivity index (χ2v) is 4.24. The van der Waals surface area contributed by atoms with E-state index in [0.29, 0.717) is 12.5 Å². The summed E-state index contributed by atoms with van der Waals surface area (Å²) in [5, 5.41) is 0. The number of aromatic nitrogens is 2. The molecule has 0 saturated carbocycles. The monoisotopic (exact) mass is 248 g/mol. The Bertz CT molecular complexity index is 566. The first-order chi connectivity index (χ1) is 8.28. The van der Waals surface area contributed by atoms with Crippen molar-refractivity contribution in [1.29, 1.82) is 0 Å². The fourth-order valence-corrected chi connectivity index (χ4v) is 2.07. The van der Waals surface area contributed by atoms with Crippen molar-refractivity contribution in [3.63, 3.8) is 0 Å². The largest absolute Gasteiger partial charge is 0.454 e. The predicted octanol–water partition coefficient (Wildman–Crippen LogP) is 2.54. The average Bonchev–Trinajstić information content (AvgIpc) is 2.94. The summed E-state index contributed by atoms with van der Waals surface area (Å²) in [6.45, 7) is 2.33. The van der Waals surface area contributed by atoms with Crippen LogP contribution in [0.2, 0.25) is 0 Å². The van der Waals surface area contributed by atoms with E-state index >= 15 is 0 Å². The van der Waals surface area contributed by atoms with Crippen molar-refractivity contribution in [3.05, 3.63) is 29.7 Å². The summed E-state index contributed by atoms with van der Waals surface area (Å²) in [5.74, 6) is 3.05. The summed E-state index contributed by atoms with van der Waals surface area (Å²) in [5.41, 5.74) is 3.18. The van der Waals surface area contributed by atoms with E-state index in [1.165, 1.54) is 0 Å². The number of hydrogen-bond donors (Lipinski definition) is 2. The van der Waals surface area contributed by atoms with Crippen LogP contribution in [-0.4, -0.2) is 16.8 Å². The molecule has 5 heteroatoms. The normalized spacial score (nSPS) is 13.1. The smallest absolute Gasteiger partial charge is 0.231 e. The van der Waals surface area contributed by atoms with Gasteiger partial charge in [-0.15, -0.1) is 0 Å². The highest BCUT2D eigenvalue weighted by atomic mass is 32.1. The molecular formula is C12H12N2O2S. The molecule has 0 radical (unpaired) electrons. The molecule has 2 heterocycles. The zero-order valence-corrected chi connectivity index (χ0v) is 10.3. The Kier molecular flexibility index (Phi) is 2.48. The van der Waals surface area contributed by atoms with Gasteiger partial charge in [0.2, 0.25) is 6.79 Å². The first-order valence-electron chi connectivity index (χ1n) is 5.33. The quantitative estimate of drug-likeness (QED) is 0.803. The second kappa shape index (κ2) is 4.00. The Morgan fingerprint density at radius 2 is 2.12 bits per heavy atom. The summed E-state index contributed by atoms with van der Waals surface area (Å²) in [6, 6.07) is 3.96. The highest BCUT2D eigenvalue weighted by Gasteiger charge is 2.17. The van der Waals surface area contributed by atoms with Crippen LogP contribution in [0.5, 0.6) is 11.5 Å². The van der Waals surface area contributed by atoms with Crippen LogP contribution < -0.4 is 9.47 Å². The van der Waals surface area contributed by atoms with Crippen LogP contribution in [0, 0.1) is 6.92 Å². The molecule has 0 unspecified atom stereocenters. The maximum absolute atomic E-state index is 5.38. The van der Waals surface area contributed by atoms with E-state index in [0.717, 1.165) is 34.1 Å². The van der Waals surface area contributed by atoms with Gasteiger partial charge in [0.1, 0.15) is 5.82 Å². The number of H-pyrrole nitrogens is 1. The van der Waals surface area contributed by atoms with E-state index in [4.69, 9.17) is 9.47 Å². The minimum atomic E-state index is 0.295. The standard InChI is InChI=1S/C12H12N2O2S/c1-7-2-10-11(16-6-15-10)3-8(7)9-4-13-12(5-17)14-9/h2-4,17H,5-6H2,1H3,(H,13,14). The van der Waals surface area contributed by atoms with Gasteiger partial charge < -0.3 is 14.5 Å². The zero-order valence-electron chi connectivity index (χ0n) is 9.36. The van der Waals surface area contributed by atoms with E-state index < -0.39 is 0 Å². The van der Waals surface area contributed by atoms with Crippen molar-refractivity contribution < 1.29 is 9.47 Å². The Morgan fingerprint density at radius 3 is 2.82 bits per heavy atom. The van der Waals surface area contributed by atoms with Crippen molar-refractivity contribution in [3.8, 4) is 22.8 Å². The number of thiol groups is 1. The summed E-state index contributed by atoms with van der Waals surface area (Å²) < 4.78 is 10.7. The number of ether oxygens (including phenoxy) is 2. The van der Waals surface area contributed by atoms with Gasteiger partial charge in [0.25, 0.3) is 0 Å². The van der Waals surface area contributed by atoms with Crippen LogP contribution in [0.1, 0.15) is 11.4 Å². The molecule has 1 aliphatic rings.